The number of hydrogen-bond donors (Lipinski definition) is 2. The quantitative estimate of drug-likeness (QED) is 0.273. The highest BCUT2D eigenvalue weighted by Gasteiger charge is 2.16. The van der Waals surface area contributed by atoms with E-state index in [0.29, 0.717) is 6.54 Å². The van der Waals surface area contributed by atoms with Gasteiger partial charge in [-0.1, -0.05) is 12.8 Å². The number of nitrogens with zero attached hydrogens (tertiary/aromatic N) is 3. The summed E-state index contributed by atoms with van der Waals surface area (Å²) in [4.78, 5) is 20.9. The molecule has 2 aliphatic heterocycles. The average Bonchev–Trinajstić information content (AvgIpc) is 2.90. The van der Waals surface area contributed by atoms with Crippen LogP contribution in [-0.2, 0) is 4.79 Å². The highest BCUT2D eigenvalue weighted by Crippen LogP contribution is 2.09. The number of likely N-dealkylation sites (tertiary alicyclic amines) is 2. The first kappa shape index (κ1) is 22.5. The summed E-state index contributed by atoms with van der Waals surface area (Å²) in [5, 5.41) is 6.47. The van der Waals surface area contributed by atoms with Gasteiger partial charge in [0, 0.05) is 26.7 Å². The Morgan fingerprint density at radius 1 is 0.920 bits per heavy atom. The van der Waals surface area contributed by atoms with E-state index in [1.807, 2.05) is 4.90 Å². The van der Waals surface area contributed by atoms with E-state index in [9.17, 15) is 4.79 Å². The molecule has 0 aromatic carbocycles. The van der Waals surface area contributed by atoms with E-state index in [1.165, 1.54) is 45.2 Å². The van der Waals surface area contributed by atoms with Gasteiger partial charge in [0.15, 0.2) is 5.96 Å². The Kier molecular flexibility index (Phi) is 12.2. The number of rotatable bonds is 6. The molecule has 2 N–H and O–H groups in total. The summed E-state index contributed by atoms with van der Waals surface area (Å²) in [7, 11) is 1.76. The lowest BCUT2D eigenvalue weighted by atomic mass is 10.1. The Hall–Kier alpha value is -0.570. The van der Waals surface area contributed by atoms with E-state index >= 15 is 0 Å². The summed E-state index contributed by atoms with van der Waals surface area (Å²) in [5.74, 6) is 0.915. The average molecular weight is 465 g/mol. The lowest BCUT2D eigenvalue weighted by Crippen LogP contribution is -2.46. The van der Waals surface area contributed by atoms with Crippen molar-refractivity contribution in [3.8, 4) is 0 Å². The van der Waals surface area contributed by atoms with Gasteiger partial charge in [0.1, 0.15) is 0 Å². The fourth-order valence-electron chi connectivity index (χ4n) is 3.50. The molecule has 2 rings (SSSR count). The van der Waals surface area contributed by atoms with E-state index in [1.54, 1.807) is 7.05 Å². The number of carbonyl (C=O) groups is 1. The maximum Gasteiger partial charge on any atom is 0.241 e. The molecule has 0 saturated carbocycles. The molecular weight excluding hydrogens is 429 g/mol. The number of piperidine rings is 1. The van der Waals surface area contributed by atoms with E-state index in [2.05, 4.69) is 20.5 Å². The Balaban J connectivity index is 0.00000312. The van der Waals surface area contributed by atoms with Crippen molar-refractivity contribution < 1.29 is 4.79 Å². The van der Waals surface area contributed by atoms with Crippen LogP contribution in [-0.4, -0.2) is 74.5 Å². The molecule has 0 aromatic rings. The zero-order valence-corrected chi connectivity index (χ0v) is 18.1. The van der Waals surface area contributed by atoms with Crippen LogP contribution in [0.2, 0.25) is 0 Å². The van der Waals surface area contributed by atoms with Crippen LogP contribution in [0.25, 0.3) is 0 Å². The molecule has 146 valence electrons. The number of aliphatic imine (C=N–C) groups is 1. The van der Waals surface area contributed by atoms with Gasteiger partial charge in [-0.3, -0.25) is 9.79 Å². The molecule has 2 saturated heterocycles. The summed E-state index contributed by atoms with van der Waals surface area (Å²) in [5.41, 5.74) is 0. The molecule has 1 amide bonds. The molecule has 0 aliphatic carbocycles. The normalized spacial score (nSPS) is 19.7. The van der Waals surface area contributed by atoms with Crippen molar-refractivity contribution in [2.24, 2.45) is 4.99 Å². The van der Waals surface area contributed by atoms with Crippen LogP contribution in [0, 0.1) is 0 Å². The van der Waals surface area contributed by atoms with Gasteiger partial charge in [0.25, 0.3) is 0 Å². The molecule has 0 bridgehead atoms. The molecule has 0 unspecified atom stereocenters. The van der Waals surface area contributed by atoms with Crippen LogP contribution in [0.3, 0.4) is 0 Å². The minimum absolute atomic E-state index is 0. The van der Waals surface area contributed by atoms with Crippen LogP contribution >= 0.6 is 24.0 Å². The Bertz CT molecular complexity index is 391. The second-order valence-electron chi connectivity index (χ2n) is 6.90. The zero-order valence-electron chi connectivity index (χ0n) is 15.8. The number of guanidine groups is 1. The van der Waals surface area contributed by atoms with Crippen molar-refractivity contribution in [2.45, 2.75) is 51.4 Å². The van der Waals surface area contributed by atoms with E-state index in [0.717, 1.165) is 51.4 Å². The largest absolute Gasteiger partial charge is 0.356 e. The summed E-state index contributed by atoms with van der Waals surface area (Å²) in [6.07, 6.45) is 10.1. The second-order valence-corrected chi connectivity index (χ2v) is 6.90. The molecule has 0 aromatic heterocycles. The second kappa shape index (κ2) is 13.6. The summed E-state index contributed by atoms with van der Waals surface area (Å²) in [6.45, 7) is 6.69. The first-order chi connectivity index (χ1) is 11.8. The van der Waals surface area contributed by atoms with Crippen LogP contribution < -0.4 is 10.6 Å². The minimum Gasteiger partial charge on any atom is -0.356 e. The Morgan fingerprint density at radius 2 is 1.52 bits per heavy atom. The topological polar surface area (TPSA) is 60.0 Å². The van der Waals surface area contributed by atoms with Gasteiger partial charge < -0.3 is 20.4 Å². The lowest BCUT2D eigenvalue weighted by Gasteiger charge is -2.27. The molecule has 6 nitrogen and oxygen atoms in total. The van der Waals surface area contributed by atoms with Crippen molar-refractivity contribution in [3.05, 3.63) is 0 Å². The minimum atomic E-state index is 0. The highest BCUT2D eigenvalue weighted by molar-refractivity contribution is 14.0. The Morgan fingerprint density at radius 3 is 2.16 bits per heavy atom. The van der Waals surface area contributed by atoms with Crippen LogP contribution in [0.4, 0.5) is 0 Å². The maximum atomic E-state index is 12.2. The SMILES string of the molecule is CN=C(NCCCN1CCCCCC1)NCC(=O)N1CCCCC1.I. The van der Waals surface area contributed by atoms with Crippen molar-refractivity contribution in [3.63, 3.8) is 0 Å². The fourth-order valence-corrected chi connectivity index (χ4v) is 3.50. The third-order valence-electron chi connectivity index (χ3n) is 4.98. The maximum absolute atomic E-state index is 12.2. The van der Waals surface area contributed by atoms with E-state index < -0.39 is 0 Å². The molecular formula is C18H36IN5O. The van der Waals surface area contributed by atoms with Gasteiger partial charge in [0.05, 0.1) is 6.54 Å². The fraction of sp³-hybridized carbons (Fsp3) is 0.889. The number of carbonyl (C=O) groups excluding carboxylic acids is 1. The number of nitrogens with one attached hydrogen (secondary N) is 2. The molecule has 0 spiro atoms. The smallest absolute Gasteiger partial charge is 0.241 e. The molecule has 2 aliphatic rings. The van der Waals surface area contributed by atoms with Crippen molar-refractivity contribution in [2.75, 3.05) is 52.9 Å². The van der Waals surface area contributed by atoms with Gasteiger partial charge in [-0.25, -0.2) is 0 Å². The molecule has 2 heterocycles. The number of hydrogen-bond acceptors (Lipinski definition) is 3. The molecule has 25 heavy (non-hydrogen) atoms. The van der Waals surface area contributed by atoms with Gasteiger partial charge in [-0.05, 0) is 58.2 Å². The summed E-state index contributed by atoms with van der Waals surface area (Å²) in [6, 6.07) is 0. The predicted octanol–water partition coefficient (Wildman–Crippen LogP) is 2.05. The molecule has 0 atom stereocenters. The lowest BCUT2D eigenvalue weighted by molar-refractivity contribution is -0.130. The third-order valence-corrected chi connectivity index (χ3v) is 4.98. The van der Waals surface area contributed by atoms with Crippen molar-refractivity contribution >= 4 is 35.8 Å². The predicted molar refractivity (Wildman–Crippen MR) is 115 cm³/mol. The third kappa shape index (κ3) is 9.08. The molecule has 7 heteroatoms. The van der Waals surface area contributed by atoms with Crippen LogP contribution in [0.5, 0.6) is 0 Å². The highest BCUT2D eigenvalue weighted by atomic mass is 127. The first-order valence-corrected chi connectivity index (χ1v) is 9.74. The molecule has 2 fully saturated rings. The van der Waals surface area contributed by atoms with Gasteiger partial charge in [0.2, 0.25) is 5.91 Å². The van der Waals surface area contributed by atoms with E-state index in [4.69, 9.17) is 0 Å². The molecule has 0 radical (unpaired) electrons. The number of amides is 1. The standard InChI is InChI=1S/C18H35N5O.HI/c1-19-18(21-16-17(24)23-14-7-4-8-15-23)20-10-9-13-22-11-5-2-3-6-12-22;/h2-16H2,1H3,(H2,19,20,21);1H. The van der Waals surface area contributed by atoms with Gasteiger partial charge in [-0.2, -0.15) is 0 Å². The van der Waals surface area contributed by atoms with Crippen LogP contribution in [0.1, 0.15) is 51.4 Å². The zero-order chi connectivity index (χ0) is 17.0. The van der Waals surface area contributed by atoms with E-state index in [-0.39, 0.29) is 29.9 Å². The van der Waals surface area contributed by atoms with Crippen molar-refractivity contribution in [1.29, 1.82) is 0 Å². The first-order valence-electron chi connectivity index (χ1n) is 9.74. The van der Waals surface area contributed by atoms with Gasteiger partial charge in [-0.15, -0.1) is 24.0 Å². The summed E-state index contributed by atoms with van der Waals surface area (Å²) >= 11 is 0. The monoisotopic (exact) mass is 465 g/mol. The van der Waals surface area contributed by atoms with Gasteiger partial charge >= 0.3 is 0 Å². The summed E-state index contributed by atoms with van der Waals surface area (Å²) < 4.78 is 0. The van der Waals surface area contributed by atoms with Crippen molar-refractivity contribution in [1.82, 2.24) is 20.4 Å². The Labute approximate surface area is 170 Å². The van der Waals surface area contributed by atoms with Crippen LogP contribution in [0.15, 0.2) is 4.99 Å². The number of halogens is 1.